The third-order valence-electron chi connectivity index (χ3n) is 4.75. The fourth-order valence-corrected chi connectivity index (χ4v) is 3.68. The Labute approximate surface area is 136 Å². The minimum absolute atomic E-state index is 0.895. The van der Waals surface area contributed by atoms with Crippen LogP contribution < -0.4 is 0 Å². The number of imidazole rings is 1. The number of benzene rings is 2. The Morgan fingerprint density at radius 2 is 1.75 bits per heavy atom. The Bertz CT molecular complexity index is 1410. The van der Waals surface area contributed by atoms with Crippen LogP contribution in [0.25, 0.3) is 49.3 Å². The maximum Gasteiger partial charge on any atom is 0.146 e. The van der Waals surface area contributed by atoms with Gasteiger partial charge in [0.1, 0.15) is 16.8 Å². The number of aromatic nitrogens is 3. The number of furan rings is 1. The first-order chi connectivity index (χ1) is 11.9. The third-order valence-corrected chi connectivity index (χ3v) is 4.75. The lowest BCUT2D eigenvalue weighted by atomic mass is 10.0. The number of fused-ring (bicyclic) bond motifs is 9. The summed E-state index contributed by atoms with van der Waals surface area (Å²) in [4.78, 5) is 8.79. The van der Waals surface area contributed by atoms with Gasteiger partial charge in [0.05, 0.1) is 5.52 Å². The van der Waals surface area contributed by atoms with Gasteiger partial charge in [-0.2, -0.15) is 0 Å². The number of rotatable bonds is 0. The van der Waals surface area contributed by atoms with Crippen LogP contribution in [0.4, 0.5) is 0 Å². The number of hydrogen-bond acceptors (Lipinski definition) is 3. The summed E-state index contributed by atoms with van der Waals surface area (Å²) in [5, 5.41) is 5.67. The topological polar surface area (TPSA) is 43.3 Å². The lowest BCUT2D eigenvalue weighted by Crippen LogP contribution is -1.91. The number of hydrogen-bond donors (Lipinski definition) is 0. The van der Waals surface area contributed by atoms with Crippen molar-refractivity contribution in [3.63, 3.8) is 0 Å². The monoisotopic (exact) mass is 309 g/mol. The first-order valence-electron chi connectivity index (χ1n) is 7.84. The summed E-state index contributed by atoms with van der Waals surface area (Å²) in [6.07, 6.45) is 7.52. The summed E-state index contributed by atoms with van der Waals surface area (Å²) in [5.41, 5.74) is 3.82. The largest absolute Gasteiger partial charge is 0.456 e. The molecule has 0 aliphatic heterocycles. The van der Waals surface area contributed by atoms with Gasteiger partial charge in [-0.25, -0.2) is 4.98 Å². The average Bonchev–Trinajstić information content (AvgIpc) is 3.25. The molecule has 4 aromatic heterocycles. The molecule has 0 fully saturated rings. The first kappa shape index (κ1) is 12.1. The maximum atomic E-state index is 6.05. The molecule has 0 spiro atoms. The molecule has 4 heterocycles. The van der Waals surface area contributed by atoms with Gasteiger partial charge in [0.15, 0.2) is 0 Å². The summed E-state index contributed by atoms with van der Waals surface area (Å²) in [7, 11) is 0. The molecule has 0 aliphatic carbocycles. The van der Waals surface area contributed by atoms with Crippen LogP contribution in [0.15, 0.2) is 71.7 Å². The van der Waals surface area contributed by atoms with Gasteiger partial charge in [0.2, 0.25) is 0 Å². The second kappa shape index (κ2) is 4.11. The zero-order valence-electron chi connectivity index (χ0n) is 12.6. The smallest absolute Gasteiger partial charge is 0.146 e. The molecule has 24 heavy (non-hydrogen) atoms. The number of para-hydroxylation sites is 1. The van der Waals surface area contributed by atoms with Crippen molar-refractivity contribution in [1.29, 1.82) is 0 Å². The Morgan fingerprint density at radius 3 is 2.75 bits per heavy atom. The van der Waals surface area contributed by atoms with Gasteiger partial charge in [-0.05, 0) is 23.6 Å². The average molecular weight is 309 g/mol. The Kier molecular flexibility index (Phi) is 2.07. The number of nitrogens with zero attached hydrogens (tertiary/aromatic N) is 3. The minimum Gasteiger partial charge on any atom is -0.456 e. The highest BCUT2D eigenvalue weighted by molar-refractivity contribution is 6.17. The van der Waals surface area contributed by atoms with Crippen molar-refractivity contribution in [2.75, 3.05) is 0 Å². The van der Waals surface area contributed by atoms with Crippen LogP contribution in [0.5, 0.6) is 0 Å². The molecular weight excluding hydrogens is 298 g/mol. The summed E-state index contributed by atoms with van der Waals surface area (Å²) >= 11 is 0. The van der Waals surface area contributed by atoms with E-state index in [2.05, 4.69) is 38.6 Å². The fraction of sp³-hybridized carbons (Fsp3) is 0. The Hall–Kier alpha value is -3.40. The van der Waals surface area contributed by atoms with Crippen LogP contribution >= 0.6 is 0 Å². The molecule has 0 saturated heterocycles. The van der Waals surface area contributed by atoms with Crippen LogP contribution in [0.2, 0.25) is 0 Å². The molecule has 0 bridgehead atoms. The minimum atomic E-state index is 0.895. The Morgan fingerprint density at radius 1 is 0.792 bits per heavy atom. The summed E-state index contributed by atoms with van der Waals surface area (Å²) < 4.78 is 8.16. The highest BCUT2D eigenvalue weighted by Crippen LogP contribution is 2.35. The standard InChI is InChI=1S/C20H11N3O/c1-2-4-18-13(3-1)15-9-14-12-5-6-21-11-16(12)20-22-7-8-23(20)17(14)10-19(15)24-18/h1-11H. The molecule has 0 saturated carbocycles. The molecular formula is C20H11N3O. The van der Waals surface area contributed by atoms with E-state index < -0.39 is 0 Å². The summed E-state index contributed by atoms with van der Waals surface area (Å²) in [6.45, 7) is 0. The quantitative estimate of drug-likeness (QED) is 0.373. The van der Waals surface area contributed by atoms with Gasteiger partial charge in [0.25, 0.3) is 0 Å². The van der Waals surface area contributed by atoms with Gasteiger partial charge >= 0.3 is 0 Å². The molecule has 0 unspecified atom stereocenters. The van der Waals surface area contributed by atoms with Crippen molar-refractivity contribution in [1.82, 2.24) is 14.4 Å². The van der Waals surface area contributed by atoms with Gasteiger partial charge in [-0.15, -0.1) is 0 Å². The van der Waals surface area contributed by atoms with Crippen LogP contribution in [0, 0.1) is 0 Å². The van der Waals surface area contributed by atoms with Crippen molar-refractivity contribution < 1.29 is 4.42 Å². The van der Waals surface area contributed by atoms with Gasteiger partial charge in [-0.1, -0.05) is 18.2 Å². The van der Waals surface area contributed by atoms with Crippen molar-refractivity contribution in [2.24, 2.45) is 0 Å². The molecule has 0 aliphatic rings. The molecule has 6 rings (SSSR count). The molecule has 4 heteroatoms. The molecule has 6 aromatic rings. The van der Waals surface area contributed by atoms with Crippen LogP contribution in [-0.2, 0) is 0 Å². The van der Waals surface area contributed by atoms with E-state index in [1.54, 1.807) is 0 Å². The zero-order valence-corrected chi connectivity index (χ0v) is 12.6. The van der Waals surface area contributed by atoms with E-state index in [0.717, 1.165) is 43.9 Å². The molecule has 0 atom stereocenters. The summed E-state index contributed by atoms with van der Waals surface area (Å²) in [5.74, 6) is 0. The van der Waals surface area contributed by atoms with Crippen molar-refractivity contribution in [3.8, 4) is 0 Å². The molecule has 112 valence electrons. The fourth-order valence-electron chi connectivity index (χ4n) is 3.68. The first-order valence-corrected chi connectivity index (χ1v) is 7.84. The van der Waals surface area contributed by atoms with Gasteiger partial charge in [0, 0.05) is 52.4 Å². The maximum absolute atomic E-state index is 6.05. The van der Waals surface area contributed by atoms with Crippen LogP contribution in [-0.4, -0.2) is 14.4 Å². The lowest BCUT2D eigenvalue weighted by Gasteiger charge is -2.07. The van der Waals surface area contributed by atoms with Crippen LogP contribution in [0.3, 0.4) is 0 Å². The Balaban J connectivity index is 1.97. The van der Waals surface area contributed by atoms with Gasteiger partial charge < -0.3 is 4.42 Å². The van der Waals surface area contributed by atoms with Crippen molar-refractivity contribution in [3.05, 3.63) is 67.3 Å². The number of pyridine rings is 2. The molecule has 4 nitrogen and oxygen atoms in total. The SMILES string of the molecule is c1ccc2c(c1)oc1cc3c(cc12)c1ccncc1c1nccn31. The highest BCUT2D eigenvalue weighted by atomic mass is 16.3. The van der Waals surface area contributed by atoms with E-state index >= 15 is 0 Å². The molecule has 0 amide bonds. The van der Waals surface area contributed by atoms with Crippen molar-refractivity contribution in [2.45, 2.75) is 0 Å². The highest BCUT2D eigenvalue weighted by Gasteiger charge is 2.13. The van der Waals surface area contributed by atoms with E-state index in [1.807, 2.05) is 43.0 Å². The molecule has 2 aromatic carbocycles. The van der Waals surface area contributed by atoms with E-state index in [4.69, 9.17) is 4.42 Å². The van der Waals surface area contributed by atoms with Crippen LogP contribution in [0.1, 0.15) is 0 Å². The van der Waals surface area contributed by atoms with Gasteiger partial charge in [-0.3, -0.25) is 9.38 Å². The predicted octanol–water partition coefficient (Wildman–Crippen LogP) is 4.94. The van der Waals surface area contributed by atoms with E-state index in [1.165, 1.54) is 5.39 Å². The zero-order chi connectivity index (χ0) is 15.7. The van der Waals surface area contributed by atoms with E-state index in [0.29, 0.717) is 0 Å². The summed E-state index contributed by atoms with van der Waals surface area (Å²) in [6, 6.07) is 14.5. The third kappa shape index (κ3) is 1.38. The molecule has 0 radical (unpaired) electrons. The van der Waals surface area contributed by atoms with E-state index in [9.17, 15) is 0 Å². The molecule has 0 N–H and O–H groups in total. The normalized spacial score (nSPS) is 12.2. The predicted molar refractivity (Wildman–Crippen MR) is 95.3 cm³/mol. The van der Waals surface area contributed by atoms with Crippen molar-refractivity contribution >= 4 is 49.3 Å². The van der Waals surface area contributed by atoms with E-state index in [-0.39, 0.29) is 0 Å². The second-order valence-corrected chi connectivity index (χ2v) is 6.01. The second-order valence-electron chi connectivity index (χ2n) is 6.01. The lowest BCUT2D eigenvalue weighted by molar-refractivity contribution is 0.669.